The van der Waals surface area contributed by atoms with Crippen molar-refractivity contribution in [3.05, 3.63) is 23.3 Å². The minimum atomic E-state index is -1.68. The van der Waals surface area contributed by atoms with Gasteiger partial charge in [0.25, 0.3) is 0 Å². The van der Waals surface area contributed by atoms with Crippen LogP contribution in [-0.4, -0.2) is 69.3 Å². The van der Waals surface area contributed by atoms with Crippen molar-refractivity contribution in [3.63, 3.8) is 0 Å². The van der Waals surface area contributed by atoms with E-state index in [0.29, 0.717) is 12.8 Å². The van der Waals surface area contributed by atoms with Gasteiger partial charge in [-0.2, -0.15) is 0 Å². The molecule has 286 valence electrons. The highest BCUT2D eigenvalue weighted by molar-refractivity contribution is 5.97. The molecule has 0 spiro atoms. The zero-order chi connectivity index (χ0) is 38.3. The Morgan fingerprint density at radius 1 is 0.922 bits per heavy atom. The topological polar surface area (TPSA) is 144 Å². The highest BCUT2D eigenvalue weighted by atomic mass is 16.5. The maximum atomic E-state index is 14.8. The second-order valence-corrected chi connectivity index (χ2v) is 17.8. The number of Topliss-reactive ketones (excluding diaryl/α,β-unsaturated/α-hetero) is 4. The number of allylic oxidation sites excluding steroid dienone is 3. The molecule has 4 aliphatic rings. The fraction of sp³-hybridized carbons (Fsp3) is 0.786. The molecule has 0 amide bonds. The Kier molecular flexibility index (Phi) is 12.5. The molecule has 0 aromatic heterocycles. The highest BCUT2D eigenvalue weighted by Crippen LogP contribution is 2.58. The lowest BCUT2D eigenvalue weighted by atomic mass is 9.52. The first-order chi connectivity index (χ1) is 23.6. The van der Waals surface area contributed by atoms with Crippen LogP contribution in [0.4, 0.5) is 0 Å². The molecule has 2 N–H and O–H groups in total. The van der Waals surface area contributed by atoms with Gasteiger partial charge in [0.15, 0.2) is 5.78 Å². The molecule has 2 fully saturated rings. The van der Waals surface area contributed by atoms with E-state index in [-0.39, 0.29) is 85.8 Å². The number of fused-ring (bicyclic) bond motifs is 6. The molecular weight excluding hydrogens is 648 g/mol. The summed E-state index contributed by atoms with van der Waals surface area (Å²) in [6.07, 6.45) is 6.22. The zero-order valence-corrected chi connectivity index (χ0v) is 32.8. The number of ketones is 4. The molecule has 2 bridgehead atoms. The van der Waals surface area contributed by atoms with Gasteiger partial charge in [0.1, 0.15) is 23.0 Å². The second-order valence-electron chi connectivity index (χ2n) is 17.8. The third-order valence-electron chi connectivity index (χ3n) is 13.4. The van der Waals surface area contributed by atoms with Gasteiger partial charge >= 0.3 is 5.97 Å². The van der Waals surface area contributed by atoms with Crippen LogP contribution in [0.15, 0.2) is 23.3 Å². The van der Waals surface area contributed by atoms with Crippen LogP contribution in [0.2, 0.25) is 0 Å². The molecule has 1 saturated carbocycles. The molecule has 11 atom stereocenters. The number of methoxy groups -OCH3 is 1. The molecule has 2 heterocycles. The minimum absolute atomic E-state index is 0.00579. The summed E-state index contributed by atoms with van der Waals surface area (Å²) >= 11 is 0. The summed E-state index contributed by atoms with van der Waals surface area (Å²) in [6, 6.07) is 0. The van der Waals surface area contributed by atoms with E-state index < -0.39 is 58.0 Å². The third-order valence-corrected chi connectivity index (χ3v) is 13.4. The Bertz CT molecular complexity index is 1430. The quantitative estimate of drug-likeness (QED) is 0.236. The maximum absolute atomic E-state index is 14.8. The van der Waals surface area contributed by atoms with Crippen molar-refractivity contribution in [3.8, 4) is 0 Å². The molecule has 0 aromatic rings. The molecule has 0 radical (unpaired) electrons. The minimum Gasteiger partial charge on any atom is -0.469 e. The van der Waals surface area contributed by atoms with Crippen molar-refractivity contribution in [2.75, 3.05) is 7.11 Å². The van der Waals surface area contributed by atoms with Crippen LogP contribution >= 0.6 is 0 Å². The van der Waals surface area contributed by atoms with Gasteiger partial charge in [0.05, 0.1) is 35.7 Å². The van der Waals surface area contributed by atoms with Crippen LogP contribution in [-0.2, 0) is 33.4 Å². The average molecular weight is 713 g/mol. The van der Waals surface area contributed by atoms with E-state index in [9.17, 15) is 34.2 Å². The fourth-order valence-electron chi connectivity index (χ4n) is 9.54. The summed E-state index contributed by atoms with van der Waals surface area (Å²) in [5, 5.41) is 23.2. The van der Waals surface area contributed by atoms with E-state index in [0.717, 1.165) is 24.0 Å². The van der Waals surface area contributed by atoms with Gasteiger partial charge in [-0.1, -0.05) is 63.8 Å². The third kappa shape index (κ3) is 8.21. The van der Waals surface area contributed by atoms with E-state index >= 15 is 0 Å². The summed E-state index contributed by atoms with van der Waals surface area (Å²) in [5.41, 5.74) is -4.20. The normalized spacial score (nSPS) is 42.3. The van der Waals surface area contributed by atoms with Gasteiger partial charge in [-0.15, -0.1) is 0 Å². The first-order valence-corrected chi connectivity index (χ1v) is 19.3. The number of carbonyl (C=O) groups excluding carboxylic acids is 5. The summed E-state index contributed by atoms with van der Waals surface area (Å²) < 4.78 is 12.5. The standard InChI is InChI=1S/C42H64O9/c1-24(2)29-21-32(43)27(5)13-11-12-25(3)19-33(44)30-20-28(6)37-31(42(30,22-34(29)45)38(47)50-10)18-26(4)14-15-36(46)39(7,48)16-17-41(9)40(8,49)23-35(37)51-41/h18,20,24-25,27,29-31,35,37,48-49H,11-17,19,21-23H2,1-10H3/t25-,27+,29-,30-,31-,35+,37-,39+,40-,41+,42+/m1/s1. The number of hydrogen-bond acceptors (Lipinski definition) is 9. The maximum Gasteiger partial charge on any atom is 0.313 e. The highest BCUT2D eigenvalue weighted by Gasteiger charge is 2.64. The average Bonchev–Trinajstić information content (AvgIpc) is 3.28. The molecule has 4 rings (SSSR count). The molecule has 9 heteroatoms. The monoisotopic (exact) mass is 712 g/mol. The van der Waals surface area contributed by atoms with Gasteiger partial charge < -0.3 is 19.7 Å². The van der Waals surface area contributed by atoms with E-state index in [2.05, 4.69) is 0 Å². The first-order valence-electron chi connectivity index (χ1n) is 19.3. The van der Waals surface area contributed by atoms with E-state index in [4.69, 9.17) is 9.47 Å². The van der Waals surface area contributed by atoms with Gasteiger partial charge in [0, 0.05) is 55.8 Å². The number of carbonyl (C=O) groups is 5. The van der Waals surface area contributed by atoms with Crippen molar-refractivity contribution in [2.45, 2.75) is 156 Å². The largest absolute Gasteiger partial charge is 0.469 e. The number of aliphatic hydroxyl groups is 2. The Balaban J connectivity index is 2.02. The van der Waals surface area contributed by atoms with Crippen LogP contribution in [0.25, 0.3) is 0 Å². The molecule has 1 saturated heterocycles. The van der Waals surface area contributed by atoms with Crippen LogP contribution in [0.3, 0.4) is 0 Å². The first kappa shape index (κ1) is 41.3. The van der Waals surface area contributed by atoms with Gasteiger partial charge in [-0.3, -0.25) is 24.0 Å². The Hall–Kier alpha value is -2.49. The summed E-state index contributed by atoms with van der Waals surface area (Å²) in [5.74, 6) is -4.73. The molecule has 9 nitrogen and oxygen atoms in total. The molecular formula is C42H64O9. The molecule has 0 unspecified atom stereocenters. The number of hydrogen-bond donors (Lipinski definition) is 2. The summed E-state index contributed by atoms with van der Waals surface area (Å²) in [6.45, 7) is 16.6. The predicted molar refractivity (Wildman–Crippen MR) is 194 cm³/mol. The van der Waals surface area contributed by atoms with Gasteiger partial charge in [-0.25, -0.2) is 0 Å². The summed E-state index contributed by atoms with van der Waals surface area (Å²) in [7, 11) is 1.28. The molecule has 2 aliphatic heterocycles. The Morgan fingerprint density at radius 3 is 2.22 bits per heavy atom. The second kappa shape index (κ2) is 15.5. The van der Waals surface area contributed by atoms with E-state index in [1.165, 1.54) is 14.0 Å². The van der Waals surface area contributed by atoms with Crippen LogP contribution in [0.5, 0.6) is 0 Å². The fourth-order valence-corrected chi connectivity index (χ4v) is 9.54. The Morgan fingerprint density at radius 2 is 1.59 bits per heavy atom. The van der Waals surface area contributed by atoms with Crippen molar-refractivity contribution in [2.24, 2.45) is 46.8 Å². The number of esters is 1. The van der Waals surface area contributed by atoms with Crippen LogP contribution < -0.4 is 0 Å². The molecule has 2 aliphatic carbocycles. The molecule has 51 heavy (non-hydrogen) atoms. The van der Waals surface area contributed by atoms with Crippen LogP contribution in [0, 0.1) is 46.8 Å². The van der Waals surface area contributed by atoms with Crippen molar-refractivity contribution in [1.29, 1.82) is 0 Å². The van der Waals surface area contributed by atoms with Crippen LogP contribution in [0.1, 0.15) is 133 Å². The molecule has 0 aromatic carbocycles. The van der Waals surface area contributed by atoms with Gasteiger partial charge in [0.2, 0.25) is 0 Å². The van der Waals surface area contributed by atoms with Crippen molar-refractivity contribution < 1.29 is 43.7 Å². The number of ether oxygens (including phenoxy) is 2. The lowest BCUT2D eigenvalue weighted by Crippen LogP contribution is -2.56. The Labute approximate surface area is 305 Å². The van der Waals surface area contributed by atoms with E-state index in [1.807, 2.05) is 53.7 Å². The SMILES string of the molecule is COC(=O)[C@@]12CC(=O)[C@@H](C(C)C)CC(=O)[C@@H](C)CCC[C@@H](C)CC(=O)[C@H]1C=C(C)[C@H]1[C@@H]3C[C@@](C)(O)[C@](C)(CC[C@](C)(O)C(=O)CCC(C)=C[C@H]12)O3. The predicted octanol–water partition coefficient (Wildman–Crippen LogP) is 6.70. The van der Waals surface area contributed by atoms with Gasteiger partial charge in [-0.05, 0) is 72.1 Å². The lowest BCUT2D eigenvalue weighted by molar-refractivity contribution is -0.170. The van der Waals surface area contributed by atoms with E-state index in [1.54, 1.807) is 13.8 Å². The zero-order valence-electron chi connectivity index (χ0n) is 32.8. The van der Waals surface area contributed by atoms with Crippen molar-refractivity contribution >= 4 is 29.1 Å². The lowest BCUT2D eigenvalue weighted by Gasteiger charge is -2.50. The summed E-state index contributed by atoms with van der Waals surface area (Å²) in [4.78, 5) is 71.1. The van der Waals surface area contributed by atoms with Crippen molar-refractivity contribution in [1.82, 2.24) is 0 Å². The number of rotatable bonds is 2. The smallest absolute Gasteiger partial charge is 0.313 e.